The maximum atomic E-state index is 12.4. The Labute approximate surface area is 134 Å². The molecule has 0 bridgehead atoms. The van der Waals surface area contributed by atoms with E-state index < -0.39 is 0 Å². The minimum absolute atomic E-state index is 0.289. The van der Waals surface area contributed by atoms with Gasteiger partial charge in [-0.3, -0.25) is 9.48 Å². The molecule has 112 valence electrons. The lowest BCUT2D eigenvalue weighted by atomic mass is 10.2. The number of aromatic nitrogens is 2. The van der Waals surface area contributed by atoms with Gasteiger partial charge in [0.2, 0.25) is 0 Å². The second kappa shape index (κ2) is 6.50. The smallest absolute Gasteiger partial charge is 0.275 e. The summed E-state index contributed by atoms with van der Waals surface area (Å²) in [6.07, 6.45) is 1.67. The first-order valence-corrected chi connectivity index (χ1v) is 7.49. The Hall–Kier alpha value is -1.52. The summed E-state index contributed by atoms with van der Waals surface area (Å²) in [5.74, 6) is -0.289. The van der Waals surface area contributed by atoms with Crippen LogP contribution in [0.25, 0.3) is 0 Å². The van der Waals surface area contributed by atoms with Crippen LogP contribution < -0.4 is 5.32 Å². The number of benzene rings is 1. The Kier molecular flexibility index (Phi) is 4.91. The lowest BCUT2D eigenvalue weighted by molar-refractivity contribution is 0.101. The van der Waals surface area contributed by atoms with Crippen molar-refractivity contribution in [3.05, 3.63) is 45.2 Å². The molecule has 0 atom stereocenters. The molecule has 1 amide bonds. The maximum Gasteiger partial charge on any atom is 0.275 e. The van der Waals surface area contributed by atoms with Crippen LogP contribution in [0.5, 0.6) is 0 Å². The molecule has 1 heterocycles. The van der Waals surface area contributed by atoms with Gasteiger partial charge in [-0.1, -0.05) is 42.6 Å². The van der Waals surface area contributed by atoms with E-state index in [4.69, 9.17) is 23.2 Å². The van der Waals surface area contributed by atoms with Gasteiger partial charge in [0.25, 0.3) is 5.91 Å². The van der Waals surface area contributed by atoms with E-state index in [1.807, 2.05) is 13.8 Å². The first-order chi connectivity index (χ1) is 9.95. The highest BCUT2D eigenvalue weighted by Crippen LogP contribution is 2.26. The molecule has 0 saturated carbocycles. The number of aryl methyl sites for hydroxylation is 2. The Bertz CT molecular complexity index is 680. The number of carbonyl (C=O) groups excluding carboxylic acids is 1. The van der Waals surface area contributed by atoms with Gasteiger partial charge in [0.05, 0.1) is 10.7 Å². The van der Waals surface area contributed by atoms with Gasteiger partial charge in [0.1, 0.15) is 5.69 Å². The fraction of sp³-hybridized carbons (Fsp3) is 0.333. The highest BCUT2D eigenvalue weighted by molar-refractivity contribution is 6.35. The van der Waals surface area contributed by atoms with E-state index in [-0.39, 0.29) is 5.91 Å². The average Bonchev–Trinajstić information content (AvgIpc) is 2.70. The zero-order valence-electron chi connectivity index (χ0n) is 12.2. The van der Waals surface area contributed by atoms with E-state index >= 15 is 0 Å². The number of rotatable bonds is 4. The zero-order chi connectivity index (χ0) is 15.6. The number of amides is 1. The van der Waals surface area contributed by atoms with Crippen LogP contribution in [0.2, 0.25) is 10.0 Å². The van der Waals surface area contributed by atoms with Crippen LogP contribution in [0.1, 0.15) is 35.1 Å². The molecule has 2 rings (SSSR count). The molecule has 1 N–H and O–H groups in total. The normalized spacial score (nSPS) is 10.7. The van der Waals surface area contributed by atoms with Gasteiger partial charge in [-0.05, 0) is 31.0 Å². The molecule has 2 aromatic rings. The molecule has 4 nitrogen and oxygen atoms in total. The van der Waals surface area contributed by atoms with Crippen LogP contribution in [0.3, 0.4) is 0 Å². The Morgan fingerprint density at radius 2 is 2.10 bits per heavy atom. The van der Waals surface area contributed by atoms with Gasteiger partial charge in [-0.25, -0.2) is 0 Å². The maximum absolute atomic E-state index is 12.4. The van der Waals surface area contributed by atoms with Crippen molar-refractivity contribution in [2.24, 2.45) is 7.05 Å². The molecule has 0 aliphatic carbocycles. The van der Waals surface area contributed by atoms with Crippen molar-refractivity contribution < 1.29 is 4.79 Å². The van der Waals surface area contributed by atoms with E-state index in [1.165, 1.54) is 4.68 Å². The highest BCUT2D eigenvalue weighted by atomic mass is 35.5. The fourth-order valence-corrected chi connectivity index (χ4v) is 2.64. The largest absolute Gasteiger partial charge is 0.320 e. The van der Waals surface area contributed by atoms with Gasteiger partial charge in [-0.15, -0.1) is 0 Å². The Balaban J connectivity index is 2.31. The molecule has 0 radical (unpaired) electrons. The summed E-state index contributed by atoms with van der Waals surface area (Å²) >= 11 is 12.3. The number of nitrogens with zero attached hydrogens (tertiary/aromatic N) is 2. The summed E-state index contributed by atoms with van der Waals surface area (Å²) in [6.45, 7) is 3.89. The minimum atomic E-state index is -0.289. The highest BCUT2D eigenvalue weighted by Gasteiger charge is 2.20. The van der Waals surface area contributed by atoms with Crippen molar-refractivity contribution in [2.45, 2.75) is 26.7 Å². The molecular weight excluding hydrogens is 309 g/mol. The van der Waals surface area contributed by atoms with Gasteiger partial charge in [-0.2, -0.15) is 5.10 Å². The second-order valence-corrected chi connectivity index (χ2v) is 5.63. The summed E-state index contributed by atoms with van der Waals surface area (Å²) in [5, 5.41) is 8.16. The van der Waals surface area contributed by atoms with Crippen LogP contribution in [0.4, 0.5) is 5.69 Å². The first-order valence-electron chi connectivity index (χ1n) is 6.73. The van der Waals surface area contributed by atoms with Crippen molar-refractivity contribution in [2.75, 3.05) is 5.32 Å². The summed E-state index contributed by atoms with van der Waals surface area (Å²) in [6, 6.07) is 5.37. The monoisotopic (exact) mass is 325 g/mol. The standard InChI is InChI=1S/C15H17Cl2N3O/c1-4-6-12-13(17)14(20(3)19-12)15(21)18-11-8-5-7-10(16)9(11)2/h5,7-8H,4,6H2,1-3H3,(H,18,21). The molecule has 0 spiro atoms. The van der Waals surface area contributed by atoms with Gasteiger partial charge in [0.15, 0.2) is 0 Å². The molecule has 0 fully saturated rings. The van der Waals surface area contributed by atoms with E-state index in [0.29, 0.717) is 21.4 Å². The number of anilines is 1. The van der Waals surface area contributed by atoms with Crippen LogP contribution in [0, 0.1) is 6.92 Å². The van der Waals surface area contributed by atoms with Crippen molar-refractivity contribution in [3.8, 4) is 0 Å². The van der Waals surface area contributed by atoms with E-state index in [1.54, 1.807) is 25.2 Å². The lowest BCUT2D eigenvalue weighted by Crippen LogP contribution is -2.17. The summed E-state index contributed by atoms with van der Waals surface area (Å²) in [5.41, 5.74) is 2.59. The van der Waals surface area contributed by atoms with Crippen LogP contribution >= 0.6 is 23.2 Å². The summed E-state index contributed by atoms with van der Waals surface area (Å²) in [4.78, 5) is 12.4. The zero-order valence-corrected chi connectivity index (χ0v) is 13.7. The van der Waals surface area contributed by atoms with Gasteiger partial charge in [0, 0.05) is 17.8 Å². The lowest BCUT2D eigenvalue weighted by Gasteiger charge is -2.09. The minimum Gasteiger partial charge on any atom is -0.320 e. The third-order valence-corrected chi connectivity index (χ3v) is 4.08. The van der Waals surface area contributed by atoms with E-state index in [9.17, 15) is 4.79 Å². The van der Waals surface area contributed by atoms with Gasteiger partial charge >= 0.3 is 0 Å². The van der Waals surface area contributed by atoms with Crippen molar-refractivity contribution in [1.82, 2.24) is 9.78 Å². The molecule has 21 heavy (non-hydrogen) atoms. The first kappa shape index (κ1) is 15.9. The third kappa shape index (κ3) is 3.22. The van der Waals surface area contributed by atoms with Crippen LogP contribution in [0.15, 0.2) is 18.2 Å². The quantitative estimate of drug-likeness (QED) is 0.913. The van der Waals surface area contributed by atoms with Crippen molar-refractivity contribution in [3.63, 3.8) is 0 Å². The van der Waals surface area contributed by atoms with E-state index in [2.05, 4.69) is 10.4 Å². The molecule has 6 heteroatoms. The van der Waals surface area contributed by atoms with Crippen molar-refractivity contribution >= 4 is 34.8 Å². The van der Waals surface area contributed by atoms with Gasteiger partial charge < -0.3 is 5.32 Å². The third-order valence-electron chi connectivity index (χ3n) is 3.27. The molecule has 0 saturated heterocycles. The molecular formula is C15H17Cl2N3O. The molecule has 0 aliphatic rings. The number of carbonyl (C=O) groups is 1. The van der Waals surface area contributed by atoms with E-state index in [0.717, 1.165) is 24.1 Å². The molecule has 0 unspecified atom stereocenters. The SMILES string of the molecule is CCCc1nn(C)c(C(=O)Nc2cccc(Cl)c2C)c1Cl. The Morgan fingerprint density at radius 1 is 1.38 bits per heavy atom. The molecule has 0 aliphatic heterocycles. The molecule has 1 aromatic carbocycles. The number of halogens is 2. The van der Waals surface area contributed by atoms with Crippen LogP contribution in [-0.2, 0) is 13.5 Å². The predicted molar refractivity (Wildman–Crippen MR) is 86.4 cm³/mol. The number of hydrogen-bond acceptors (Lipinski definition) is 2. The fourth-order valence-electron chi connectivity index (χ4n) is 2.12. The number of nitrogens with one attached hydrogen (secondary N) is 1. The summed E-state index contributed by atoms with van der Waals surface area (Å²) < 4.78 is 1.52. The van der Waals surface area contributed by atoms with Crippen molar-refractivity contribution in [1.29, 1.82) is 0 Å². The topological polar surface area (TPSA) is 46.9 Å². The van der Waals surface area contributed by atoms with Crippen LogP contribution in [-0.4, -0.2) is 15.7 Å². The molecule has 1 aromatic heterocycles. The number of hydrogen-bond donors (Lipinski definition) is 1. The predicted octanol–water partition coefficient (Wildman–Crippen LogP) is 4.24. The average molecular weight is 326 g/mol. The Morgan fingerprint density at radius 3 is 2.76 bits per heavy atom. The summed E-state index contributed by atoms with van der Waals surface area (Å²) in [7, 11) is 1.71. The second-order valence-electron chi connectivity index (χ2n) is 4.85.